The van der Waals surface area contributed by atoms with Crippen LogP contribution in [0.25, 0.3) is 0 Å². The fraction of sp³-hybridized carbons (Fsp3) is 0.741. The monoisotopic (exact) mass is 469 g/mol. The molecule has 0 fully saturated rings. The number of benzene rings is 1. The van der Waals surface area contributed by atoms with Gasteiger partial charge in [-0.1, -0.05) is 83.5 Å². The van der Waals surface area contributed by atoms with Crippen molar-refractivity contribution in [3.63, 3.8) is 0 Å². The van der Waals surface area contributed by atoms with Crippen molar-refractivity contribution < 1.29 is 23.0 Å². The van der Waals surface area contributed by atoms with Gasteiger partial charge in [0.15, 0.2) is 0 Å². The van der Waals surface area contributed by atoms with Gasteiger partial charge in [0.2, 0.25) is 6.43 Å². The van der Waals surface area contributed by atoms with Crippen LogP contribution in [0.1, 0.15) is 114 Å². The highest BCUT2D eigenvalue weighted by atomic mass is 19.3. The second-order valence-electron chi connectivity index (χ2n) is 8.99. The Morgan fingerprint density at radius 3 is 1.70 bits per heavy atom. The van der Waals surface area contributed by atoms with E-state index in [2.05, 4.69) is 0 Å². The molecule has 188 valence electrons. The molecule has 0 amide bonds. The lowest BCUT2D eigenvalue weighted by Gasteiger charge is -2.15. The number of hydrogen-bond acceptors (Lipinski definition) is 3. The number of unbranched alkanes of at least 4 members (excludes halogenated alkanes) is 13. The van der Waals surface area contributed by atoms with Crippen molar-refractivity contribution in [2.75, 3.05) is 6.61 Å². The number of hydrogen-bond donors (Lipinski definition) is 1. The molecule has 0 radical (unpaired) electrons. The SMILES string of the molecule is N#Cc1cc(F)cc(COC(CO)CCCCCCCCCCCCCCCCC(F)F)c1. The molecule has 6 heteroatoms. The fourth-order valence-corrected chi connectivity index (χ4v) is 4.03. The van der Waals surface area contributed by atoms with Gasteiger partial charge >= 0.3 is 0 Å². The van der Waals surface area contributed by atoms with Gasteiger partial charge in [0.1, 0.15) is 5.82 Å². The summed E-state index contributed by atoms with van der Waals surface area (Å²) >= 11 is 0. The van der Waals surface area contributed by atoms with E-state index in [-0.39, 0.29) is 31.3 Å². The van der Waals surface area contributed by atoms with E-state index < -0.39 is 12.2 Å². The molecule has 1 atom stereocenters. The highest BCUT2D eigenvalue weighted by Crippen LogP contribution is 2.16. The molecule has 0 aliphatic heterocycles. The normalized spacial score (nSPS) is 12.2. The average molecular weight is 470 g/mol. The topological polar surface area (TPSA) is 53.2 Å². The minimum atomic E-state index is -2.14. The van der Waals surface area contributed by atoms with E-state index in [1.165, 1.54) is 69.9 Å². The van der Waals surface area contributed by atoms with Crippen LogP contribution in [-0.4, -0.2) is 24.2 Å². The summed E-state index contributed by atoms with van der Waals surface area (Å²) in [6.07, 6.45) is 14.4. The Kier molecular flexibility index (Phi) is 17.7. The molecule has 1 unspecified atom stereocenters. The van der Waals surface area contributed by atoms with Gasteiger partial charge in [0.05, 0.1) is 31.0 Å². The van der Waals surface area contributed by atoms with Crippen LogP contribution in [0.4, 0.5) is 13.2 Å². The lowest BCUT2D eigenvalue weighted by atomic mass is 10.0. The van der Waals surface area contributed by atoms with Crippen LogP contribution in [0, 0.1) is 17.1 Å². The molecule has 1 N–H and O–H groups in total. The molecule has 0 aliphatic rings. The Bertz CT molecular complexity index is 649. The molecule has 33 heavy (non-hydrogen) atoms. The van der Waals surface area contributed by atoms with E-state index in [0.29, 0.717) is 12.0 Å². The quantitative estimate of drug-likeness (QED) is 0.185. The number of nitrogens with zero attached hydrogens (tertiary/aromatic N) is 1. The van der Waals surface area contributed by atoms with E-state index in [0.717, 1.165) is 32.1 Å². The van der Waals surface area contributed by atoms with Crippen LogP contribution in [0.2, 0.25) is 0 Å². The summed E-state index contributed by atoms with van der Waals surface area (Å²) in [4.78, 5) is 0. The second kappa shape index (κ2) is 19.9. The molecule has 0 spiro atoms. The van der Waals surface area contributed by atoms with E-state index in [9.17, 15) is 18.3 Å². The summed E-state index contributed by atoms with van der Waals surface area (Å²) in [5.41, 5.74) is 0.879. The molecule has 0 aliphatic carbocycles. The van der Waals surface area contributed by atoms with E-state index in [1.807, 2.05) is 6.07 Å². The van der Waals surface area contributed by atoms with E-state index in [4.69, 9.17) is 10.00 Å². The zero-order valence-electron chi connectivity index (χ0n) is 20.1. The first-order valence-electron chi connectivity index (χ1n) is 12.7. The third kappa shape index (κ3) is 16.6. The lowest BCUT2D eigenvalue weighted by Crippen LogP contribution is -2.17. The van der Waals surface area contributed by atoms with Gasteiger partial charge in [-0.15, -0.1) is 0 Å². The van der Waals surface area contributed by atoms with Crippen molar-refractivity contribution in [3.05, 3.63) is 35.1 Å². The number of rotatable bonds is 21. The Hall–Kier alpha value is -1.58. The smallest absolute Gasteiger partial charge is 0.238 e. The van der Waals surface area contributed by atoms with E-state index >= 15 is 0 Å². The summed E-state index contributed by atoms with van der Waals surface area (Å²) in [5.74, 6) is -0.451. The molecule has 0 saturated heterocycles. The zero-order valence-corrected chi connectivity index (χ0v) is 20.1. The van der Waals surface area contributed by atoms with Gasteiger partial charge in [0, 0.05) is 6.42 Å². The van der Waals surface area contributed by atoms with Crippen LogP contribution in [0.3, 0.4) is 0 Å². The molecular formula is C27H42F3NO2. The maximum atomic E-state index is 13.5. The number of aliphatic hydroxyl groups excluding tert-OH is 1. The van der Waals surface area contributed by atoms with Crippen molar-refractivity contribution in [1.29, 1.82) is 5.26 Å². The fourth-order valence-electron chi connectivity index (χ4n) is 4.03. The standard InChI is InChI=1S/C27H42F3NO2/c28-25-18-23(20-31)17-24(19-25)22-33-26(21-32)15-13-11-9-7-5-3-1-2-4-6-8-10-12-14-16-27(29)30/h17-19,26-27,32H,1-16,21-22H2. The summed E-state index contributed by atoms with van der Waals surface area (Å²) in [7, 11) is 0. The molecule has 0 aromatic heterocycles. The van der Waals surface area contributed by atoms with Crippen LogP contribution in [0.5, 0.6) is 0 Å². The largest absolute Gasteiger partial charge is 0.394 e. The highest BCUT2D eigenvalue weighted by Gasteiger charge is 2.09. The van der Waals surface area contributed by atoms with Crippen molar-refractivity contribution in [2.45, 2.75) is 122 Å². The van der Waals surface area contributed by atoms with E-state index in [1.54, 1.807) is 6.07 Å². The summed E-state index contributed by atoms with van der Waals surface area (Å²) < 4.78 is 43.2. The van der Waals surface area contributed by atoms with Crippen LogP contribution in [0.15, 0.2) is 18.2 Å². The molecule has 0 saturated carbocycles. The number of halogens is 3. The van der Waals surface area contributed by atoms with Gasteiger partial charge in [-0.3, -0.25) is 0 Å². The average Bonchev–Trinajstić information content (AvgIpc) is 2.80. The molecule has 0 heterocycles. The zero-order chi connectivity index (χ0) is 24.2. The summed E-state index contributed by atoms with van der Waals surface area (Å²) in [6, 6.07) is 6.09. The predicted molar refractivity (Wildman–Crippen MR) is 127 cm³/mol. The molecular weight excluding hydrogens is 427 g/mol. The Labute approximate surface area is 198 Å². The number of alkyl halides is 2. The Morgan fingerprint density at radius 2 is 1.24 bits per heavy atom. The van der Waals surface area contributed by atoms with Gasteiger partial charge in [0.25, 0.3) is 0 Å². The maximum Gasteiger partial charge on any atom is 0.238 e. The number of ether oxygens (including phenoxy) is 1. The lowest BCUT2D eigenvalue weighted by molar-refractivity contribution is -0.00357. The van der Waals surface area contributed by atoms with Crippen LogP contribution >= 0.6 is 0 Å². The third-order valence-electron chi connectivity index (χ3n) is 5.97. The molecule has 1 aromatic rings. The van der Waals surface area contributed by atoms with Crippen molar-refractivity contribution in [2.24, 2.45) is 0 Å². The molecule has 1 aromatic carbocycles. The van der Waals surface area contributed by atoms with Crippen molar-refractivity contribution in [3.8, 4) is 6.07 Å². The van der Waals surface area contributed by atoms with Gasteiger partial charge in [-0.2, -0.15) is 5.26 Å². The number of nitriles is 1. The third-order valence-corrected chi connectivity index (χ3v) is 5.97. The summed E-state index contributed by atoms with van der Waals surface area (Å²) in [6.45, 7) is 0.131. The van der Waals surface area contributed by atoms with Gasteiger partial charge in [-0.25, -0.2) is 13.2 Å². The number of aliphatic hydroxyl groups is 1. The van der Waals surface area contributed by atoms with Gasteiger partial charge < -0.3 is 9.84 Å². The molecule has 3 nitrogen and oxygen atoms in total. The molecule has 0 bridgehead atoms. The Balaban J connectivity index is 1.92. The van der Waals surface area contributed by atoms with Crippen LogP contribution in [-0.2, 0) is 11.3 Å². The van der Waals surface area contributed by atoms with Crippen molar-refractivity contribution >= 4 is 0 Å². The molecule has 1 rings (SSSR count). The predicted octanol–water partition coefficient (Wildman–Crippen LogP) is 8.08. The maximum absolute atomic E-state index is 13.5. The summed E-state index contributed by atoms with van der Waals surface area (Å²) in [5, 5.41) is 18.4. The first kappa shape index (κ1) is 29.5. The first-order chi connectivity index (χ1) is 16.0. The van der Waals surface area contributed by atoms with Gasteiger partial charge in [-0.05, 0) is 36.6 Å². The Morgan fingerprint density at radius 1 is 0.758 bits per heavy atom. The minimum absolute atomic E-state index is 0.0529. The second-order valence-corrected chi connectivity index (χ2v) is 8.99. The van der Waals surface area contributed by atoms with Crippen molar-refractivity contribution in [1.82, 2.24) is 0 Å². The highest BCUT2D eigenvalue weighted by molar-refractivity contribution is 5.33. The van der Waals surface area contributed by atoms with Crippen LogP contribution < -0.4 is 0 Å². The first-order valence-corrected chi connectivity index (χ1v) is 12.7. The minimum Gasteiger partial charge on any atom is -0.394 e.